The van der Waals surface area contributed by atoms with Gasteiger partial charge >= 0.3 is 156 Å². The second-order valence-corrected chi connectivity index (χ2v) is 8.81. The first-order valence-corrected chi connectivity index (χ1v) is 12.9. The van der Waals surface area contributed by atoms with E-state index in [1.807, 2.05) is 0 Å². The molecular weight excluding hydrogens is 315 g/mol. The van der Waals surface area contributed by atoms with Gasteiger partial charge in [-0.25, -0.2) is 0 Å². The number of hydrogen-bond acceptors (Lipinski definition) is 0. The first kappa shape index (κ1) is 25.5. The van der Waals surface area contributed by atoms with Gasteiger partial charge in [0.25, 0.3) is 0 Å². The van der Waals surface area contributed by atoms with E-state index in [1.54, 1.807) is 0 Å². The van der Waals surface area contributed by atoms with Crippen molar-refractivity contribution in [1.29, 1.82) is 0 Å². The third kappa shape index (κ3) is 20.7. The SMILES string of the molecule is CCCCCCCCCCCCC([CH2][Al+2])CCCCCCCCCC. The van der Waals surface area contributed by atoms with Crippen molar-refractivity contribution in [1.82, 2.24) is 0 Å². The second kappa shape index (κ2) is 22.6. The summed E-state index contributed by atoms with van der Waals surface area (Å²) in [5.74, 6) is 0.985. The van der Waals surface area contributed by atoms with E-state index in [9.17, 15) is 0 Å². The van der Waals surface area contributed by atoms with Crippen molar-refractivity contribution in [3.05, 3.63) is 0 Å². The van der Waals surface area contributed by atoms with Crippen molar-refractivity contribution >= 4 is 16.3 Å². The van der Waals surface area contributed by atoms with E-state index in [4.69, 9.17) is 0 Å². The van der Waals surface area contributed by atoms with Crippen LogP contribution >= 0.6 is 0 Å². The molecule has 0 aromatic carbocycles. The van der Waals surface area contributed by atoms with Crippen molar-refractivity contribution in [3.8, 4) is 0 Å². The van der Waals surface area contributed by atoms with Gasteiger partial charge in [0.15, 0.2) is 0 Å². The van der Waals surface area contributed by atoms with E-state index in [2.05, 4.69) is 30.1 Å². The summed E-state index contributed by atoms with van der Waals surface area (Å²) in [5.41, 5.74) is 0. The van der Waals surface area contributed by atoms with Gasteiger partial charge in [0.1, 0.15) is 0 Å². The molecule has 1 heteroatoms. The van der Waals surface area contributed by atoms with Crippen LogP contribution in [0.5, 0.6) is 0 Å². The summed E-state index contributed by atoms with van der Waals surface area (Å²) in [5, 5.41) is 1.33. The molecule has 0 aliphatic carbocycles. The minimum absolute atomic E-state index is 0.985. The Labute approximate surface area is 169 Å². The van der Waals surface area contributed by atoms with Crippen molar-refractivity contribution in [2.75, 3.05) is 0 Å². The van der Waals surface area contributed by atoms with Crippen LogP contribution in [0.1, 0.15) is 142 Å². The molecule has 0 amide bonds. The van der Waals surface area contributed by atoms with Crippen molar-refractivity contribution in [3.63, 3.8) is 0 Å². The standard InChI is InChI=1S/C24H49.Al/c1-4-6-8-10-12-14-15-17-19-21-23-24(3)22-20-18-16-13-11-9-7-5-2;/h24H,3-23H2,1-2H3;/q;+2. The zero-order valence-electron chi connectivity index (χ0n) is 18.0. The molecule has 0 rings (SSSR count). The third-order valence-electron chi connectivity index (χ3n) is 5.77. The van der Waals surface area contributed by atoms with Crippen molar-refractivity contribution in [2.24, 2.45) is 5.92 Å². The van der Waals surface area contributed by atoms with Gasteiger partial charge in [0, 0.05) is 0 Å². The predicted molar refractivity (Wildman–Crippen MR) is 118 cm³/mol. The van der Waals surface area contributed by atoms with Crippen LogP contribution in [0.2, 0.25) is 5.28 Å². The zero-order chi connectivity index (χ0) is 18.4. The molecule has 0 aromatic rings. The van der Waals surface area contributed by atoms with Crippen LogP contribution in [0.25, 0.3) is 0 Å². The molecule has 0 saturated carbocycles. The number of unbranched alkanes of at least 4 members (excludes halogenated alkanes) is 16. The van der Waals surface area contributed by atoms with E-state index >= 15 is 0 Å². The van der Waals surface area contributed by atoms with Gasteiger partial charge in [-0.05, 0) is 0 Å². The van der Waals surface area contributed by atoms with E-state index in [0.717, 1.165) is 5.92 Å². The van der Waals surface area contributed by atoms with E-state index in [0.29, 0.717) is 0 Å². The van der Waals surface area contributed by atoms with Crippen LogP contribution in [0, 0.1) is 5.92 Å². The molecule has 1 atom stereocenters. The Kier molecular flexibility index (Phi) is 23.1. The van der Waals surface area contributed by atoms with Crippen LogP contribution in [-0.2, 0) is 0 Å². The molecule has 0 N–H and O–H groups in total. The maximum absolute atomic E-state index is 3.01. The van der Waals surface area contributed by atoms with Crippen LogP contribution in [-0.4, -0.2) is 16.3 Å². The zero-order valence-corrected chi connectivity index (χ0v) is 19.2. The summed E-state index contributed by atoms with van der Waals surface area (Å²) >= 11 is 3.01. The van der Waals surface area contributed by atoms with Gasteiger partial charge in [0.2, 0.25) is 0 Å². The predicted octanol–water partition coefficient (Wildman–Crippen LogP) is 9.03. The summed E-state index contributed by atoms with van der Waals surface area (Å²) in [4.78, 5) is 0. The summed E-state index contributed by atoms with van der Waals surface area (Å²) in [6.07, 6.45) is 29.2. The van der Waals surface area contributed by atoms with E-state index in [-0.39, 0.29) is 0 Å². The Balaban J connectivity index is 3.28. The van der Waals surface area contributed by atoms with Crippen LogP contribution in [0.3, 0.4) is 0 Å². The van der Waals surface area contributed by atoms with E-state index < -0.39 is 0 Å². The van der Waals surface area contributed by atoms with Crippen LogP contribution < -0.4 is 0 Å². The van der Waals surface area contributed by atoms with Gasteiger partial charge in [-0.1, -0.05) is 13.3 Å². The average Bonchev–Trinajstić information content (AvgIpc) is 2.63. The summed E-state index contributed by atoms with van der Waals surface area (Å²) in [6, 6.07) is 0. The molecule has 0 nitrogen and oxygen atoms in total. The van der Waals surface area contributed by atoms with Gasteiger partial charge in [0.05, 0.1) is 0 Å². The van der Waals surface area contributed by atoms with Crippen molar-refractivity contribution < 1.29 is 0 Å². The van der Waals surface area contributed by atoms with Crippen LogP contribution in [0.4, 0.5) is 0 Å². The fourth-order valence-corrected chi connectivity index (χ4v) is 4.34. The molecule has 0 fully saturated rings. The molecule has 0 aromatic heterocycles. The normalized spacial score (nSPS) is 12.6. The molecule has 0 heterocycles. The average molecular weight is 365 g/mol. The fraction of sp³-hybridized carbons (Fsp3) is 1.00. The molecule has 0 aliphatic rings. The van der Waals surface area contributed by atoms with Gasteiger partial charge < -0.3 is 0 Å². The minimum atomic E-state index is 0.985. The Hall–Kier alpha value is 0.532. The van der Waals surface area contributed by atoms with Gasteiger partial charge in [-0.3, -0.25) is 0 Å². The molecular formula is C24H49Al+2. The van der Waals surface area contributed by atoms with Crippen molar-refractivity contribution in [2.45, 2.75) is 148 Å². The molecule has 1 unspecified atom stereocenters. The Morgan fingerprint density at radius 1 is 0.440 bits per heavy atom. The summed E-state index contributed by atoms with van der Waals surface area (Å²) in [6.45, 7) is 4.61. The molecule has 0 saturated heterocycles. The molecule has 0 aliphatic heterocycles. The number of hydrogen-bond donors (Lipinski definition) is 0. The molecule has 0 spiro atoms. The molecule has 0 bridgehead atoms. The number of rotatable bonds is 21. The van der Waals surface area contributed by atoms with Gasteiger partial charge in [-0.15, -0.1) is 0 Å². The Bertz CT molecular complexity index is 226. The monoisotopic (exact) mass is 364 g/mol. The summed E-state index contributed by atoms with van der Waals surface area (Å²) in [7, 11) is 0. The topological polar surface area (TPSA) is 0 Å². The molecule has 25 heavy (non-hydrogen) atoms. The van der Waals surface area contributed by atoms with Crippen LogP contribution in [0.15, 0.2) is 0 Å². The molecule has 0 radical (unpaired) electrons. The first-order valence-electron chi connectivity index (χ1n) is 12.0. The second-order valence-electron chi connectivity index (χ2n) is 8.34. The first-order chi connectivity index (χ1) is 12.3. The Morgan fingerprint density at radius 3 is 1.00 bits per heavy atom. The van der Waals surface area contributed by atoms with E-state index in [1.165, 1.54) is 134 Å². The van der Waals surface area contributed by atoms with Gasteiger partial charge in [-0.2, -0.15) is 0 Å². The quantitative estimate of drug-likeness (QED) is 0.141. The maximum atomic E-state index is 3.01. The Morgan fingerprint density at radius 2 is 0.720 bits per heavy atom. The fourth-order valence-electron chi connectivity index (χ4n) is 3.87. The molecule has 146 valence electrons. The summed E-state index contributed by atoms with van der Waals surface area (Å²) < 4.78 is 0. The third-order valence-corrected chi connectivity index (χ3v) is 6.43.